The summed E-state index contributed by atoms with van der Waals surface area (Å²) in [7, 11) is 0. The Hall–Kier alpha value is -4.60. The van der Waals surface area contributed by atoms with Gasteiger partial charge in [-0.1, -0.05) is 60.7 Å². The number of hydrogen-bond donors (Lipinski definition) is 0. The zero-order valence-corrected chi connectivity index (χ0v) is 19.8. The highest BCUT2D eigenvalue weighted by Crippen LogP contribution is 2.56. The number of benzene rings is 4. The van der Waals surface area contributed by atoms with Crippen LogP contribution in [0.2, 0.25) is 0 Å². The van der Waals surface area contributed by atoms with Gasteiger partial charge in [-0.3, -0.25) is 0 Å². The van der Waals surface area contributed by atoms with Crippen LogP contribution in [-0.2, 0) is 5.41 Å². The molecule has 10 heteroatoms. The summed E-state index contributed by atoms with van der Waals surface area (Å²) in [5.41, 5.74) is -7.29. The van der Waals surface area contributed by atoms with Crippen molar-refractivity contribution >= 4 is 11.9 Å². The topological polar surface area (TPSA) is 52.6 Å². The van der Waals surface area contributed by atoms with Crippen molar-refractivity contribution in [1.29, 1.82) is 0 Å². The molecule has 0 amide bonds. The Morgan fingerprint density at radius 3 is 1.05 bits per heavy atom. The van der Waals surface area contributed by atoms with Gasteiger partial charge in [0, 0.05) is 0 Å². The number of carbonyl (C=O) groups excluding carboxylic acids is 2. The molecule has 39 heavy (non-hydrogen) atoms. The van der Waals surface area contributed by atoms with Gasteiger partial charge in [-0.2, -0.15) is 26.3 Å². The Bertz CT molecular complexity index is 1320. The van der Waals surface area contributed by atoms with Crippen molar-refractivity contribution in [2.24, 2.45) is 0 Å². The first-order valence-corrected chi connectivity index (χ1v) is 11.3. The second kappa shape index (κ2) is 10.6. The van der Waals surface area contributed by atoms with E-state index in [0.717, 1.165) is 24.3 Å². The van der Waals surface area contributed by atoms with E-state index in [1.807, 2.05) is 0 Å². The molecule has 0 spiro atoms. The van der Waals surface area contributed by atoms with Gasteiger partial charge in [-0.05, 0) is 59.7 Å². The molecule has 0 unspecified atom stereocenters. The maximum atomic E-state index is 14.4. The lowest BCUT2D eigenvalue weighted by atomic mass is 9.72. The fourth-order valence-electron chi connectivity index (χ4n) is 4.00. The molecule has 4 rings (SSSR count). The third kappa shape index (κ3) is 5.50. The highest BCUT2D eigenvalue weighted by Gasteiger charge is 2.72. The van der Waals surface area contributed by atoms with Gasteiger partial charge in [-0.15, -0.1) is 0 Å². The van der Waals surface area contributed by atoms with E-state index in [1.54, 1.807) is 36.4 Å². The van der Waals surface area contributed by atoms with E-state index in [4.69, 9.17) is 9.47 Å². The first kappa shape index (κ1) is 27.4. The van der Waals surface area contributed by atoms with Gasteiger partial charge in [0.2, 0.25) is 5.41 Å². The number of carbonyl (C=O) groups is 2. The van der Waals surface area contributed by atoms with Crippen LogP contribution >= 0.6 is 0 Å². The summed E-state index contributed by atoms with van der Waals surface area (Å²) in [6, 6.07) is 21.2. The molecule has 0 aliphatic carbocycles. The molecule has 4 aromatic rings. The van der Waals surface area contributed by atoms with Crippen molar-refractivity contribution in [2.45, 2.75) is 17.8 Å². The average Bonchev–Trinajstić information content (AvgIpc) is 2.89. The third-order valence-electron chi connectivity index (χ3n) is 5.87. The smallest absolute Gasteiger partial charge is 0.411 e. The first-order chi connectivity index (χ1) is 18.4. The van der Waals surface area contributed by atoms with Crippen molar-refractivity contribution < 1.29 is 45.4 Å². The number of para-hydroxylation sites is 2. The van der Waals surface area contributed by atoms with E-state index in [1.165, 1.54) is 24.3 Å². The van der Waals surface area contributed by atoms with E-state index in [9.17, 15) is 35.9 Å². The van der Waals surface area contributed by atoms with E-state index in [0.29, 0.717) is 24.3 Å². The molecule has 4 aromatic carbocycles. The summed E-state index contributed by atoms with van der Waals surface area (Å²) in [6.45, 7) is 0. The van der Waals surface area contributed by atoms with E-state index in [2.05, 4.69) is 0 Å². The van der Waals surface area contributed by atoms with Crippen LogP contribution in [0.5, 0.6) is 11.5 Å². The Morgan fingerprint density at radius 1 is 0.462 bits per heavy atom. The standard InChI is InChI=1S/C29H18F6O4/c30-28(31,32)27(29(33,34)35,21-15-11-19(12-16-21)25(36)38-23-7-3-1-4-8-23)22-17-13-20(14-18-22)26(37)39-24-9-5-2-6-10-24/h1-18H. The molecule has 0 fully saturated rings. The number of esters is 2. The molecule has 0 saturated carbocycles. The molecule has 4 nitrogen and oxygen atoms in total. The van der Waals surface area contributed by atoms with Crippen molar-refractivity contribution in [3.05, 3.63) is 131 Å². The lowest BCUT2D eigenvalue weighted by Gasteiger charge is -2.38. The van der Waals surface area contributed by atoms with Crippen LogP contribution in [-0.4, -0.2) is 24.3 Å². The van der Waals surface area contributed by atoms with Crippen LogP contribution in [0.25, 0.3) is 0 Å². The molecule has 200 valence electrons. The largest absolute Gasteiger partial charge is 0.423 e. The second-order valence-electron chi connectivity index (χ2n) is 8.31. The molecule has 0 saturated heterocycles. The molecule has 0 aliphatic heterocycles. The SMILES string of the molecule is O=C(Oc1ccccc1)c1ccc(C(c2ccc(C(=O)Oc3ccccc3)cc2)(C(F)(F)F)C(F)(F)F)cc1. The highest BCUT2D eigenvalue weighted by molar-refractivity contribution is 5.91. The van der Waals surface area contributed by atoms with Crippen LogP contribution in [0, 0.1) is 0 Å². The van der Waals surface area contributed by atoms with Crippen molar-refractivity contribution in [3.63, 3.8) is 0 Å². The van der Waals surface area contributed by atoms with Gasteiger partial charge in [0.1, 0.15) is 11.5 Å². The molecular formula is C29H18F6O4. The molecule has 0 atom stereocenters. The van der Waals surface area contributed by atoms with Crippen molar-refractivity contribution in [3.8, 4) is 11.5 Å². The lowest BCUT2D eigenvalue weighted by molar-refractivity contribution is -0.288. The van der Waals surface area contributed by atoms with Crippen LogP contribution in [0.1, 0.15) is 31.8 Å². The van der Waals surface area contributed by atoms with Gasteiger partial charge < -0.3 is 9.47 Å². The zero-order valence-electron chi connectivity index (χ0n) is 19.8. The average molecular weight is 544 g/mol. The van der Waals surface area contributed by atoms with E-state index in [-0.39, 0.29) is 22.6 Å². The van der Waals surface area contributed by atoms with Crippen LogP contribution in [0.15, 0.2) is 109 Å². The highest BCUT2D eigenvalue weighted by atomic mass is 19.4. The molecule has 0 aliphatic rings. The Morgan fingerprint density at radius 2 is 0.769 bits per heavy atom. The van der Waals surface area contributed by atoms with Crippen LogP contribution in [0.4, 0.5) is 26.3 Å². The van der Waals surface area contributed by atoms with Gasteiger partial charge in [-0.25, -0.2) is 9.59 Å². The number of halogens is 6. The normalized spacial score (nSPS) is 12.1. The summed E-state index contributed by atoms with van der Waals surface area (Å²) < 4.78 is 96.8. The van der Waals surface area contributed by atoms with Crippen molar-refractivity contribution in [2.75, 3.05) is 0 Å². The molecular weight excluding hydrogens is 526 g/mol. The Kier molecular flexibility index (Phi) is 7.49. The first-order valence-electron chi connectivity index (χ1n) is 11.3. The summed E-state index contributed by atoms with van der Waals surface area (Å²) >= 11 is 0. The predicted molar refractivity (Wildman–Crippen MR) is 129 cm³/mol. The summed E-state index contributed by atoms with van der Waals surface area (Å²) in [5.74, 6) is -1.62. The maximum Gasteiger partial charge on any atom is 0.411 e. The van der Waals surface area contributed by atoms with E-state index < -0.39 is 40.8 Å². The monoisotopic (exact) mass is 544 g/mol. The predicted octanol–water partition coefficient (Wildman–Crippen LogP) is 7.54. The van der Waals surface area contributed by atoms with Gasteiger partial charge in [0.15, 0.2) is 0 Å². The van der Waals surface area contributed by atoms with Crippen LogP contribution < -0.4 is 9.47 Å². The van der Waals surface area contributed by atoms with E-state index >= 15 is 0 Å². The maximum absolute atomic E-state index is 14.4. The fraction of sp³-hybridized carbons (Fsp3) is 0.103. The Balaban J connectivity index is 1.70. The molecule has 0 bridgehead atoms. The molecule has 0 radical (unpaired) electrons. The lowest BCUT2D eigenvalue weighted by Crippen LogP contribution is -2.54. The Labute approximate surface area is 218 Å². The number of hydrogen-bond acceptors (Lipinski definition) is 4. The van der Waals surface area contributed by atoms with Gasteiger partial charge in [0.05, 0.1) is 11.1 Å². The minimum Gasteiger partial charge on any atom is -0.423 e. The summed E-state index contributed by atoms with van der Waals surface area (Å²) in [4.78, 5) is 24.7. The number of alkyl halides is 6. The number of ether oxygens (including phenoxy) is 2. The minimum atomic E-state index is -5.84. The van der Waals surface area contributed by atoms with Gasteiger partial charge in [0.25, 0.3) is 0 Å². The van der Waals surface area contributed by atoms with Gasteiger partial charge >= 0.3 is 24.3 Å². The van der Waals surface area contributed by atoms with Crippen molar-refractivity contribution in [1.82, 2.24) is 0 Å². The molecule has 0 N–H and O–H groups in total. The number of rotatable bonds is 6. The molecule has 0 heterocycles. The van der Waals surface area contributed by atoms with Crippen LogP contribution in [0.3, 0.4) is 0 Å². The fourth-order valence-corrected chi connectivity index (χ4v) is 4.00. The zero-order chi connectivity index (χ0) is 28.3. The molecule has 0 aromatic heterocycles. The second-order valence-corrected chi connectivity index (χ2v) is 8.31. The third-order valence-corrected chi connectivity index (χ3v) is 5.87. The summed E-state index contributed by atoms with van der Waals surface area (Å²) in [5, 5.41) is 0. The quantitative estimate of drug-likeness (QED) is 0.143. The minimum absolute atomic E-state index is 0.150. The summed E-state index contributed by atoms with van der Waals surface area (Å²) in [6.07, 6.45) is -11.7.